The van der Waals surface area contributed by atoms with Crippen LogP contribution in [-0.4, -0.2) is 24.7 Å². The molecule has 1 aliphatic heterocycles. The van der Waals surface area contributed by atoms with Crippen LogP contribution in [0, 0.1) is 12.8 Å². The van der Waals surface area contributed by atoms with Crippen molar-refractivity contribution in [1.82, 2.24) is 5.32 Å². The lowest BCUT2D eigenvalue weighted by Gasteiger charge is -2.23. The van der Waals surface area contributed by atoms with Gasteiger partial charge in [0.1, 0.15) is 17.4 Å². The molecule has 5 nitrogen and oxygen atoms in total. The highest BCUT2D eigenvalue weighted by molar-refractivity contribution is 5.85. The highest BCUT2D eigenvalue weighted by Gasteiger charge is 2.33. The first-order valence-electron chi connectivity index (χ1n) is 8.65. The Morgan fingerprint density at radius 1 is 1.32 bits per heavy atom. The summed E-state index contributed by atoms with van der Waals surface area (Å²) in [5.74, 6) is 0.956. The number of rotatable bonds is 5. The maximum absolute atomic E-state index is 12.6. The number of carbonyl (C=O) groups is 1. The molecule has 1 fully saturated rings. The number of aryl methyl sites for hydroxylation is 1. The summed E-state index contributed by atoms with van der Waals surface area (Å²) in [6.45, 7) is 6.66. The summed E-state index contributed by atoms with van der Waals surface area (Å²) in [5.41, 5.74) is 7.56. The monoisotopic (exact) mass is 366 g/mol. The van der Waals surface area contributed by atoms with Crippen molar-refractivity contribution in [2.24, 2.45) is 11.7 Å². The zero-order valence-electron chi connectivity index (χ0n) is 15.0. The highest BCUT2D eigenvalue weighted by atomic mass is 35.5. The lowest BCUT2D eigenvalue weighted by molar-refractivity contribution is -0.133. The van der Waals surface area contributed by atoms with Crippen LogP contribution >= 0.6 is 12.4 Å². The standard InChI is InChI=1S/C19H26N2O3.ClH/c1-11(2)17(21-19(22)16-9-8-13(10-20)23-16)18-12(3)14-6-4-5-7-15(14)24-18;/h4-7,11,13,16-17H,8-10,20H2,1-3H3,(H,21,22);1H/t13-,16+,17?;/m1./s1. The van der Waals surface area contributed by atoms with Crippen molar-refractivity contribution in [3.63, 3.8) is 0 Å². The summed E-state index contributed by atoms with van der Waals surface area (Å²) in [5, 5.41) is 4.21. The minimum Gasteiger partial charge on any atom is -0.459 e. The summed E-state index contributed by atoms with van der Waals surface area (Å²) < 4.78 is 11.8. The molecular formula is C19H27ClN2O3. The fraction of sp³-hybridized carbons (Fsp3) is 0.526. The molecule has 1 amide bonds. The van der Waals surface area contributed by atoms with Crippen LogP contribution in [0.2, 0.25) is 0 Å². The summed E-state index contributed by atoms with van der Waals surface area (Å²) in [7, 11) is 0. The van der Waals surface area contributed by atoms with Gasteiger partial charge in [0.15, 0.2) is 0 Å². The molecule has 1 aromatic carbocycles. The first-order valence-corrected chi connectivity index (χ1v) is 8.65. The van der Waals surface area contributed by atoms with Gasteiger partial charge in [-0.3, -0.25) is 4.79 Å². The van der Waals surface area contributed by atoms with Crippen LogP contribution in [-0.2, 0) is 9.53 Å². The van der Waals surface area contributed by atoms with E-state index in [9.17, 15) is 4.79 Å². The van der Waals surface area contributed by atoms with Crippen molar-refractivity contribution in [3.05, 3.63) is 35.6 Å². The molecule has 25 heavy (non-hydrogen) atoms. The molecule has 138 valence electrons. The molecule has 3 rings (SSSR count). The topological polar surface area (TPSA) is 77.5 Å². The van der Waals surface area contributed by atoms with Crippen LogP contribution in [0.3, 0.4) is 0 Å². The molecular weight excluding hydrogens is 340 g/mol. The summed E-state index contributed by atoms with van der Waals surface area (Å²) >= 11 is 0. The lowest BCUT2D eigenvalue weighted by atomic mass is 9.98. The Labute approximate surface area is 154 Å². The van der Waals surface area contributed by atoms with Gasteiger partial charge in [-0.05, 0) is 31.7 Å². The number of para-hydroxylation sites is 1. The molecule has 3 N–H and O–H groups in total. The maximum Gasteiger partial charge on any atom is 0.249 e. The van der Waals surface area contributed by atoms with E-state index in [1.54, 1.807) is 0 Å². The number of halogens is 1. The lowest BCUT2D eigenvalue weighted by Crippen LogP contribution is -2.39. The van der Waals surface area contributed by atoms with E-state index in [0.29, 0.717) is 6.54 Å². The van der Waals surface area contributed by atoms with Crippen molar-refractivity contribution in [3.8, 4) is 0 Å². The van der Waals surface area contributed by atoms with Crippen LogP contribution in [0.5, 0.6) is 0 Å². The van der Waals surface area contributed by atoms with Gasteiger partial charge in [-0.2, -0.15) is 0 Å². The highest BCUT2D eigenvalue weighted by Crippen LogP contribution is 2.33. The number of hydrogen-bond donors (Lipinski definition) is 2. The maximum atomic E-state index is 12.6. The number of fused-ring (bicyclic) bond motifs is 1. The number of ether oxygens (including phenoxy) is 1. The number of hydrogen-bond acceptors (Lipinski definition) is 4. The van der Waals surface area contributed by atoms with E-state index in [1.807, 2.05) is 31.2 Å². The molecule has 0 bridgehead atoms. The molecule has 3 atom stereocenters. The van der Waals surface area contributed by atoms with Gasteiger partial charge in [0, 0.05) is 17.5 Å². The minimum atomic E-state index is -0.413. The van der Waals surface area contributed by atoms with Crippen LogP contribution in [0.15, 0.2) is 28.7 Å². The van der Waals surface area contributed by atoms with Crippen molar-refractivity contribution < 1.29 is 13.9 Å². The molecule has 1 unspecified atom stereocenters. The van der Waals surface area contributed by atoms with E-state index in [1.165, 1.54) is 0 Å². The molecule has 1 aliphatic rings. The number of carbonyl (C=O) groups excluding carboxylic acids is 1. The Kier molecular flexibility index (Phi) is 6.49. The van der Waals surface area contributed by atoms with Crippen molar-refractivity contribution in [2.75, 3.05) is 6.54 Å². The van der Waals surface area contributed by atoms with Crippen LogP contribution in [0.4, 0.5) is 0 Å². The quantitative estimate of drug-likeness (QED) is 0.849. The minimum absolute atomic E-state index is 0. The van der Waals surface area contributed by atoms with Crippen LogP contribution in [0.25, 0.3) is 11.0 Å². The Balaban J connectivity index is 0.00000225. The Hall–Kier alpha value is -1.56. The third-order valence-corrected chi connectivity index (χ3v) is 4.79. The Morgan fingerprint density at radius 3 is 2.64 bits per heavy atom. The van der Waals surface area contributed by atoms with Crippen molar-refractivity contribution >= 4 is 29.3 Å². The average Bonchev–Trinajstić information content (AvgIpc) is 3.18. The summed E-state index contributed by atoms with van der Waals surface area (Å²) in [6.07, 6.45) is 1.14. The fourth-order valence-corrected chi connectivity index (χ4v) is 3.34. The van der Waals surface area contributed by atoms with Gasteiger partial charge in [0.05, 0.1) is 12.1 Å². The molecule has 0 saturated carbocycles. The summed E-state index contributed by atoms with van der Waals surface area (Å²) in [4.78, 5) is 12.6. The van der Waals surface area contributed by atoms with Crippen molar-refractivity contribution in [2.45, 2.75) is 51.9 Å². The van der Waals surface area contributed by atoms with E-state index >= 15 is 0 Å². The third-order valence-electron chi connectivity index (χ3n) is 4.79. The first kappa shape index (κ1) is 19.8. The second-order valence-electron chi connectivity index (χ2n) is 6.88. The zero-order valence-corrected chi connectivity index (χ0v) is 15.8. The SMILES string of the molecule is Cc1c(C(NC(=O)[C@@H]2CC[C@H](CN)O2)C(C)C)oc2ccccc12.Cl. The Morgan fingerprint density at radius 2 is 2.04 bits per heavy atom. The van der Waals surface area contributed by atoms with Gasteiger partial charge in [-0.1, -0.05) is 32.0 Å². The number of nitrogens with two attached hydrogens (primary N) is 1. The third kappa shape index (κ3) is 4.00. The fourth-order valence-electron chi connectivity index (χ4n) is 3.34. The zero-order chi connectivity index (χ0) is 17.3. The molecule has 2 aromatic rings. The molecule has 6 heteroatoms. The van der Waals surface area contributed by atoms with E-state index in [0.717, 1.165) is 35.1 Å². The summed E-state index contributed by atoms with van der Waals surface area (Å²) in [6, 6.07) is 7.78. The van der Waals surface area contributed by atoms with Gasteiger partial charge in [0.2, 0.25) is 5.91 Å². The van der Waals surface area contributed by atoms with Crippen LogP contribution < -0.4 is 11.1 Å². The van der Waals surface area contributed by atoms with Gasteiger partial charge in [0.25, 0.3) is 0 Å². The average molecular weight is 367 g/mol. The van der Waals surface area contributed by atoms with E-state index < -0.39 is 6.10 Å². The normalized spacial score (nSPS) is 21.3. The van der Waals surface area contributed by atoms with Crippen molar-refractivity contribution in [1.29, 1.82) is 0 Å². The number of benzene rings is 1. The van der Waals surface area contributed by atoms with E-state index in [2.05, 4.69) is 19.2 Å². The number of amides is 1. The van der Waals surface area contributed by atoms with E-state index in [-0.39, 0.29) is 36.4 Å². The molecule has 1 saturated heterocycles. The smallest absolute Gasteiger partial charge is 0.249 e. The molecule has 1 aromatic heterocycles. The predicted octanol–water partition coefficient (Wildman–Crippen LogP) is 3.48. The second kappa shape index (κ2) is 8.21. The second-order valence-corrected chi connectivity index (χ2v) is 6.88. The van der Waals surface area contributed by atoms with Gasteiger partial charge in [-0.15, -0.1) is 12.4 Å². The van der Waals surface area contributed by atoms with Crippen LogP contribution in [0.1, 0.15) is 44.1 Å². The van der Waals surface area contributed by atoms with Gasteiger partial charge in [-0.25, -0.2) is 0 Å². The number of nitrogens with one attached hydrogen (secondary N) is 1. The molecule has 0 aliphatic carbocycles. The van der Waals surface area contributed by atoms with Gasteiger partial charge >= 0.3 is 0 Å². The predicted molar refractivity (Wildman–Crippen MR) is 101 cm³/mol. The van der Waals surface area contributed by atoms with Gasteiger partial charge < -0.3 is 20.2 Å². The largest absolute Gasteiger partial charge is 0.459 e. The molecule has 0 spiro atoms. The Bertz CT molecular complexity index is 729. The first-order chi connectivity index (χ1) is 11.5. The van der Waals surface area contributed by atoms with E-state index in [4.69, 9.17) is 14.9 Å². The number of furan rings is 1. The molecule has 0 radical (unpaired) electrons. The molecule has 2 heterocycles.